The molecule has 0 aromatic heterocycles. The largest absolute Gasteiger partial charge is 0.273 e. The molecule has 2 aliphatic carbocycles. The maximum Gasteiger partial charge on any atom is 0.242 e. The van der Waals surface area contributed by atoms with Crippen LogP contribution in [0.2, 0.25) is 0 Å². The number of amides is 2. The molecule has 0 radical (unpaired) electrons. The van der Waals surface area contributed by atoms with E-state index in [4.69, 9.17) is 0 Å². The van der Waals surface area contributed by atoms with E-state index in [9.17, 15) is 9.59 Å². The highest BCUT2D eigenvalue weighted by atomic mass is 16.2. The van der Waals surface area contributed by atoms with E-state index < -0.39 is 0 Å². The van der Waals surface area contributed by atoms with Crippen LogP contribution in [0.1, 0.15) is 39.0 Å². The summed E-state index contributed by atoms with van der Waals surface area (Å²) < 4.78 is 0. The molecule has 4 nitrogen and oxygen atoms in total. The molecule has 4 heteroatoms. The topological polar surface area (TPSA) is 58.2 Å². The van der Waals surface area contributed by atoms with Crippen LogP contribution in [0, 0.1) is 17.8 Å². The van der Waals surface area contributed by atoms with Crippen LogP contribution in [0.3, 0.4) is 0 Å². The van der Waals surface area contributed by atoms with Gasteiger partial charge in [0, 0.05) is 12.3 Å². The quantitative estimate of drug-likeness (QED) is 0.667. The SMILES string of the molecule is CCC(=O)NNC(=O)C1C2CCCCC21. The zero-order chi connectivity index (χ0) is 10.8. The zero-order valence-corrected chi connectivity index (χ0v) is 9.08. The van der Waals surface area contributed by atoms with Crippen molar-refractivity contribution in [3.8, 4) is 0 Å². The number of carbonyl (C=O) groups is 2. The summed E-state index contributed by atoms with van der Waals surface area (Å²) in [7, 11) is 0. The van der Waals surface area contributed by atoms with E-state index in [-0.39, 0.29) is 17.7 Å². The molecule has 2 fully saturated rings. The summed E-state index contributed by atoms with van der Waals surface area (Å²) >= 11 is 0. The standard InChI is InChI=1S/C11H18N2O2/c1-2-9(14)12-13-11(15)10-7-5-3-4-6-8(7)10/h7-8,10H,2-6H2,1H3,(H,12,14)(H,13,15). The molecule has 15 heavy (non-hydrogen) atoms. The Hall–Kier alpha value is -1.06. The Morgan fingerprint density at radius 3 is 2.27 bits per heavy atom. The van der Waals surface area contributed by atoms with Crippen LogP contribution in [-0.2, 0) is 9.59 Å². The molecule has 0 bridgehead atoms. The lowest BCUT2D eigenvalue weighted by molar-refractivity contribution is -0.129. The molecule has 0 aromatic carbocycles. The van der Waals surface area contributed by atoms with E-state index in [0.29, 0.717) is 18.3 Å². The van der Waals surface area contributed by atoms with Crippen molar-refractivity contribution < 1.29 is 9.59 Å². The fourth-order valence-electron chi connectivity index (χ4n) is 2.68. The van der Waals surface area contributed by atoms with Crippen LogP contribution in [0.4, 0.5) is 0 Å². The Morgan fingerprint density at radius 2 is 1.73 bits per heavy atom. The van der Waals surface area contributed by atoms with Gasteiger partial charge in [-0.05, 0) is 24.7 Å². The number of fused-ring (bicyclic) bond motifs is 1. The third kappa shape index (κ3) is 2.13. The van der Waals surface area contributed by atoms with Gasteiger partial charge in [0.2, 0.25) is 11.8 Å². The van der Waals surface area contributed by atoms with Crippen molar-refractivity contribution in [1.29, 1.82) is 0 Å². The van der Waals surface area contributed by atoms with Gasteiger partial charge in [0.15, 0.2) is 0 Å². The second-order valence-electron chi connectivity index (χ2n) is 4.53. The second kappa shape index (κ2) is 4.21. The monoisotopic (exact) mass is 210 g/mol. The van der Waals surface area contributed by atoms with Gasteiger partial charge in [0.1, 0.15) is 0 Å². The van der Waals surface area contributed by atoms with Gasteiger partial charge < -0.3 is 0 Å². The van der Waals surface area contributed by atoms with Gasteiger partial charge in [-0.25, -0.2) is 0 Å². The summed E-state index contributed by atoms with van der Waals surface area (Å²) in [4.78, 5) is 22.6. The summed E-state index contributed by atoms with van der Waals surface area (Å²) in [5, 5.41) is 0. The predicted molar refractivity (Wildman–Crippen MR) is 55.5 cm³/mol. The lowest BCUT2D eigenvalue weighted by Gasteiger charge is -2.05. The Kier molecular flexibility index (Phi) is 2.93. The van der Waals surface area contributed by atoms with E-state index in [2.05, 4.69) is 10.9 Å². The van der Waals surface area contributed by atoms with E-state index in [1.807, 2.05) is 0 Å². The van der Waals surface area contributed by atoms with Crippen molar-refractivity contribution in [3.63, 3.8) is 0 Å². The third-order valence-corrected chi connectivity index (χ3v) is 3.61. The number of nitrogens with one attached hydrogen (secondary N) is 2. The lowest BCUT2D eigenvalue weighted by Crippen LogP contribution is -2.42. The normalized spacial score (nSPS) is 32.7. The molecule has 2 rings (SSSR count). The van der Waals surface area contributed by atoms with Crippen LogP contribution in [0.15, 0.2) is 0 Å². The molecular weight excluding hydrogens is 192 g/mol. The van der Waals surface area contributed by atoms with E-state index >= 15 is 0 Å². The molecule has 2 amide bonds. The second-order valence-corrected chi connectivity index (χ2v) is 4.53. The van der Waals surface area contributed by atoms with Crippen molar-refractivity contribution in [2.75, 3.05) is 0 Å². The molecule has 2 unspecified atom stereocenters. The highest BCUT2D eigenvalue weighted by Gasteiger charge is 2.54. The summed E-state index contributed by atoms with van der Waals surface area (Å²) in [5.74, 6) is 1.24. The minimum atomic E-state index is -0.132. The molecule has 2 atom stereocenters. The molecule has 2 N–H and O–H groups in total. The molecule has 84 valence electrons. The molecule has 0 aromatic rings. The number of hydrogen-bond acceptors (Lipinski definition) is 2. The van der Waals surface area contributed by atoms with Gasteiger partial charge in [-0.2, -0.15) is 0 Å². The number of hydrogen-bond donors (Lipinski definition) is 2. The fraction of sp³-hybridized carbons (Fsp3) is 0.818. The number of rotatable bonds is 2. The van der Waals surface area contributed by atoms with Crippen molar-refractivity contribution >= 4 is 11.8 Å². The maximum atomic E-state index is 11.7. The minimum absolute atomic E-state index is 0.00806. The van der Waals surface area contributed by atoms with E-state index in [0.717, 1.165) is 0 Å². The van der Waals surface area contributed by atoms with Gasteiger partial charge in [-0.15, -0.1) is 0 Å². The third-order valence-electron chi connectivity index (χ3n) is 3.61. The first-order chi connectivity index (χ1) is 7.24. The van der Waals surface area contributed by atoms with Gasteiger partial charge in [-0.1, -0.05) is 19.8 Å². The molecule has 2 saturated carbocycles. The van der Waals surface area contributed by atoms with Crippen LogP contribution in [0.25, 0.3) is 0 Å². The first-order valence-electron chi connectivity index (χ1n) is 5.82. The van der Waals surface area contributed by atoms with E-state index in [1.165, 1.54) is 25.7 Å². The molecule has 0 aliphatic heterocycles. The van der Waals surface area contributed by atoms with Gasteiger partial charge >= 0.3 is 0 Å². The highest BCUT2D eigenvalue weighted by molar-refractivity contribution is 5.85. The van der Waals surface area contributed by atoms with Crippen molar-refractivity contribution in [1.82, 2.24) is 10.9 Å². The average molecular weight is 210 g/mol. The first kappa shape index (κ1) is 10.5. The average Bonchev–Trinajstić information content (AvgIpc) is 2.99. The summed E-state index contributed by atoms with van der Waals surface area (Å²) in [5.41, 5.74) is 4.94. The number of carbonyl (C=O) groups excluding carboxylic acids is 2. The van der Waals surface area contributed by atoms with Gasteiger partial charge in [-0.3, -0.25) is 20.4 Å². The van der Waals surface area contributed by atoms with Crippen molar-refractivity contribution in [2.24, 2.45) is 17.8 Å². The van der Waals surface area contributed by atoms with Gasteiger partial charge in [0.25, 0.3) is 0 Å². The molecular formula is C11H18N2O2. The van der Waals surface area contributed by atoms with Crippen LogP contribution < -0.4 is 10.9 Å². The van der Waals surface area contributed by atoms with E-state index in [1.54, 1.807) is 6.92 Å². The summed E-state index contributed by atoms with van der Waals surface area (Å²) in [6.45, 7) is 1.76. The maximum absolute atomic E-state index is 11.7. The molecule has 0 heterocycles. The molecule has 0 saturated heterocycles. The Bertz CT molecular complexity index is 266. The Balaban J connectivity index is 1.75. The van der Waals surface area contributed by atoms with Crippen LogP contribution in [-0.4, -0.2) is 11.8 Å². The Morgan fingerprint density at radius 1 is 1.13 bits per heavy atom. The zero-order valence-electron chi connectivity index (χ0n) is 9.08. The minimum Gasteiger partial charge on any atom is -0.273 e. The highest BCUT2D eigenvalue weighted by Crippen LogP contribution is 2.55. The summed E-state index contributed by atoms with van der Waals surface area (Å²) in [6.07, 6.45) is 5.28. The van der Waals surface area contributed by atoms with Crippen LogP contribution >= 0.6 is 0 Å². The lowest BCUT2D eigenvalue weighted by atomic mass is 10.0. The van der Waals surface area contributed by atoms with Gasteiger partial charge in [0.05, 0.1) is 0 Å². The van der Waals surface area contributed by atoms with Crippen molar-refractivity contribution in [2.45, 2.75) is 39.0 Å². The van der Waals surface area contributed by atoms with Crippen molar-refractivity contribution in [3.05, 3.63) is 0 Å². The Labute approximate surface area is 89.8 Å². The molecule has 2 aliphatic rings. The smallest absolute Gasteiger partial charge is 0.242 e. The fourth-order valence-corrected chi connectivity index (χ4v) is 2.68. The first-order valence-corrected chi connectivity index (χ1v) is 5.82. The predicted octanol–water partition coefficient (Wildman–Crippen LogP) is 0.980. The summed E-state index contributed by atoms with van der Waals surface area (Å²) in [6, 6.07) is 0. The molecule has 0 spiro atoms. The number of hydrazine groups is 1. The van der Waals surface area contributed by atoms with Crippen LogP contribution in [0.5, 0.6) is 0 Å².